The van der Waals surface area contributed by atoms with Gasteiger partial charge in [0, 0.05) is 55.7 Å². The quantitative estimate of drug-likeness (QED) is 0.351. The maximum atomic E-state index is 14.0. The second kappa shape index (κ2) is 11.5. The van der Waals surface area contributed by atoms with E-state index in [-0.39, 0.29) is 29.8 Å². The zero-order valence-electron chi connectivity index (χ0n) is 23.3. The fourth-order valence-corrected chi connectivity index (χ4v) is 6.98. The molecule has 214 valence electrons. The Morgan fingerprint density at radius 3 is 2.61 bits per heavy atom. The summed E-state index contributed by atoms with van der Waals surface area (Å²) in [5.41, 5.74) is 1.88. The number of benzene rings is 2. The molecule has 0 aliphatic carbocycles. The molecule has 2 aromatic heterocycles. The van der Waals surface area contributed by atoms with Gasteiger partial charge in [-0.3, -0.25) is 19.1 Å². The highest BCUT2D eigenvalue weighted by atomic mass is 79.9. The van der Waals surface area contributed by atoms with Crippen LogP contribution in [0.25, 0.3) is 11.0 Å². The van der Waals surface area contributed by atoms with Gasteiger partial charge in [-0.1, -0.05) is 58.4 Å². The molecule has 2 aliphatic rings. The zero-order chi connectivity index (χ0) is 28.6. The van der Waals surface area contributed by atoms with E-state index >= 15 is 0 Å². The van der Waals surface area contributed by atoms with Crippen LogP contribution >= 0.6 is 15.9 Å². The first kappa shape index (κ1) is 27.9. The van der Waals surface area contributed by atoms with E-state index in [1.54, 1.807) is 6.07 Å². The van der Waals surface area contributed by atoms with Crippen molar-refractivity contribution in [2.45, 2.75) is 43.9 Å². The van der Waals surface area contributed by atoms with Crippen LogP contribution in [0.15, 0.2) is 82.5 Å². The maximum absolute atomic E-state index is 14.0. The molecule has 8 nitrogen and oxygen atoms in total. The number of aromatic nitrogens is 3. The number of aryl methyl sites for hydroxylation is 1. The van der Waals surface area contributed by atoms with Crippen molar-refractivity contribution in [1.29, 1.82) is 0 Å². The molecule has 2 aromatic carbocycles. The van der Waals surface area contributed by atoms with E-state index in [1.165, 1.54) is 22.0 Å². The van der Waals surface area contributed by atoms with Crippen molar-refractivity contribution >= 4 is 32.9 Å². The summed E-state index contributed by atoms with van der Waals surface area (Å²) in [5, 5.41) is 12.0. The summed E-state index contributed by atoms with van der Waals surface area (Å²) in [6, 6.07) is 20.6. The number of carbonyl (C=O) groups is 1. The van der Waals surface area contributed by atoms with Crippen molar-refractivity contribution in [3.05, 3.63) is 99.1 Å². The Balaban J connectivity index is 1.13. The SMILES string of the molecule is Cn1ccc2c(=O)n(CC3(O)CCN(C(=O)C4CCN(Cc5cccc(Br)c5)CC4c4ccccc4)CC3)cnc21. The van der Waals surface area contributed by atoms with E-state index in [0.717, 1.165) is 30.5 Å². The maximum Gasteiger partial charge on any atom is 0.262 e. The third-order valence-corrected chi connectivity index (χ3v) is 9.35. The molecule has 0 bridgehead atoms. The lowest BCUT2D eigenvalue weighted by molar-refractivity contribution is -0.142. The molecule has 4 aromatic rings. The Bertz CT molecular complexity index is 1590. The van der Waals surface area contributed by atoms with Crippen molar-refractivity contribution < 1.29 is 9.90 Å². The highest BCUT2D eigenvalue weighted by Gasteiger charge is 2.40. The lowest BCUT2D eigenvalue weighted by atomic mass is 9.79. The standard InChI is InChI=1S/C32H36BrN5O3/c1-35-14-10-27-29(35)34-22-38(31(27)40)21-32(41)12-16-37(17-13-32)30(39)26-11-15-36(19-23-6-5-9-25(33)18-23)20-28(26)24-7-3-2-4-8-24/h2-10,14,18,22,26,28,41H,11-13,15-17,19-21H2,1H3. The molecular formula is C32H36BrN5O3. The number of hydrogen-bond acceptors (Lipinski definition) is 5. The van der Waals surface area contributed by atoms with Gasteiger partial charge in [0.05, 0.1) is 17.5 Å². The number of nitrogens with zero attached hydrogens (tertiary/aromatic N) is 5. The van der Waals surface area contributed by atoms with Gasteiger partial charge in [-0.05, 0) is 55.1 Å². The number of amides is 1. The summed E-state index contributed by atoms with van der Waals surface area (Å²) >= 11 is 3.58. The summed E-state index contributed by atoms with van der Waals surface area (Å²) < 4.78 is 4.39. The second-order valence-corrected chi connectivity index (χ2v) is 12.6. The van der Waals surface area contributed by atoms with Gasteiger partial charge in [-0.15, -0.1) is 0 Å². The highest BCUT2D eigenvalue weighted by Crippen LogP contribution is 2.36. The number of likely N-dealkylation sites (tertiary alicyclic amines) is 2. The van der Waals surface area contributed by atoms with Gasteiger partial charge >= 0.3 is 0 Å². The summed E-state index contributed by atoms with van der Waals surface area (Å²) in [5.74, 6) is 0.176. The van der Waals surface area contributed by atoms with Crippen LogP contribution in [0.1, 0.15) is 36.3 Å². The van der Waals surface area contributed by atoms with E-state index in [0.29, 0.717) is 37.0 Å². The van der Waals surface area contributed by atoms with Gasteiger partial charge in [-0.25, -0.2) is 4.98 Å². The second-order valence-electron chi connectivity index (χ2n) is 11.7. The summed E-state index contributed by atoms with van der Waals surface area (Å²) in [6.45, 7) is 3.66. The van der Waals surface area contributed by atoms with Gasteiger partial charge in [0.2, 0.25) is 5.91 Å². The fraction of sp³-hybridized carbons (Fsp3) is 0.406. The smallest absolute Gasteiger partial charge is 0.262 e. The van der Waals surface area contributed by atoms with Crippen molar-refractivity contribution in [3.8, 4) is 0 Å². The average molecular weight is 619 g/mol. The molecule has 0 saturated carbocycles. The minimum atomic E-state index is -1.06. The first-order valence-corrected chi connectivity index (χ1v) is 15.1. The van der Waals surface area contributed by atoms with Crippen LogP contribution in [-0.4, -0.2) is 66.7 Å². The van der Waals surface area contributed by atoms with Crippen LogP contribution in [0.4, 0.5) is 0 Å². The molecule has 41 heavy (non-hydrogen) atoms. The lowest BCUT2D eigenvalue weighted by Crippen LogP contribution is -2.53. The first-order valence-electron chi connectivity index (χ1n) is 14.3. The molecule has 2 fully saturated rings. The van der Waals surface area contributed by atoms with Gasteiger partial charge in [0.15, 0.2) is 0 Å². The number of aliphatic hydroxyl groups is 1. The third-order valence-electron chi connectivity index (χ3n) is 8.86. The van der Waals surface area contributed by atoms with Gasteiger partial charge in [-0.2, -0.15) is 0 Å². The Labute approximate surface area is 248 Å². The van der Waals surface area contributed by atoms with Crippen molar-refractivity contribution in [2.24, 2.45) is 13.0 Å². The molecular weight excluding hydrogens is 582 g/mol. The fourth-order valence-electron chi connectivity index (χ4n) is 6.54. The Morgan fingerprint density at radius 1 is 1.07 bits per heavy atom. The van der Waals surface area contributed by atoms with E-state index in [1.807, 2.05) is 34.8 Å². The largest absolute Gasteiger partial charge is 0.388 e. The Morgan fingerprint density at radius 2 is 1.85 bits per heavy atom. The van der Waals surface area contributed by atoms with Crippen LogP contribution in [0, 0.1) is 5.92 Å². The number of piperidine rings is 2. The molecule has 1 N–H and O–H groups in total. The summed E-state index contributed by atoms with van der Waals surface area (Å²) in [7, 11) is 1.86. The average Bonchev–Trinajstić information content (AvgIpc) is 3.36. The minimum absolute atomic E-state index is 0.102. The van der Waals surface area contributed by atoms with Crippen LogP contribution < -0.4 is 5.56 Å². The lowest BCUT2D eigenvalue weighted by Gasteiger charge is -2.43. The topological polar surface area (TPSA) is 83.6 Å². The van der Waals surface area contributed by atoms with Crippen LogP contribution in [0.5, 0.6) is 0 Å². The van der Waals surface area contributed by atoms with Crippen LogP contribution in [0.2, 0.25) is 0 Å². The predicted molar refractivity (Wildman–Crippen MR) is 162 cm³/mol. The molecule has 0 radical (unpaired) electrons. The molecule has 2 atom stereocenters. The van der Waals surface area contributed by atoms with E-state index in [2.05, 4.69) is 68.3 Å². The van der Waals surface area contributed by atoms with Gasteiger partial charge in [0.25, 0.3) is 5.56 Å². The normalized spacial score (nSPS) is 21.3. The minimum Gasteiger partial charge on any atom is -0.388 e. The van der Waals surface area contributed by atoms with E-state index < -0.39 is 5.60 Å². The Kier molecular flexibility index (Phi) is 7.85. The summed E-state index contributed by atoms with van der Waals surface area (Å²) in [6.07, 6.45) is 4.99. The van der Waals surface area contributed by atoms with E-state index in [4.69, 9.17) is 0 Å². The molecule has 2 unspecified atom stereocenters. The number of rotatable bonds is 6. The zero-order valence-corrected chi connectivity index (χ0v) is 24.9. The number of fused-ring (bicyclic) bond motifs is 1. The number of carbonyl (C=O) groups excluding carboxylic acids is 1. The van der Waals surface area contributed by atoms with Crippen molar-refractivity contribution in [3.63, 3.8) is 0 Å². The highest BCUT2D eigenvalue weighted by molar-refractivity contribution is 9.10. The molecule has 4 heterocycles. The first-order chi connectivity index (χ1) is 19.8. The predicted octanol–water partition coefficient (Wildman–Crippen LogP) is 4.16. The van der Waals surface area contributed by atoms with Crippen LogP contribution in [-0.2, 0) is 24.9 Å². The molecule has 2 saturated heterocycles. The monoisotopic (exact) mass is 617 g/mol. The number of hydrogen-bond donors (Lipinski definition) is 1. The molecule has 2 aliphatic heterocycles. The van der Waals surface area contributed by atoms with Crippen molar-refractivity contribution in [1.82, 2.24) is 23.9 Å². The molecule has 6 rings (SSSR count). The molecule has 1 amide bonds. The van der Waals surface area contributed by atoms with Crippen LogP contribution in [0.3, 0.4) is 0 Å². The number of halogens is 1. The van der Waals surface area contributed by atoms with E-state index in [9.17, 15) is 14.7 Å². The third kappa shape index (κ3) is 5.89. The summed E-state index contributed by atoms with van der Waals surface area (Å²) in [4.78, 5) is 35.8. The molecule has 9 heteroatoms. The van der Waals surface area contributed by atoms with Crippen molar-refractivity contribution in [2.75, 3.05) is 26.2 Å². The van der Waals surface area contributed by atoms with Gasteiger partial charge < -0.3 is 14.6 Å². The van der Waals surface area contributed by atoms with Gasteiger partial charge in [0.1, 0.15) is 12.0 Å². The molecule has 0 spiro atoms. The Hall–Kier alpha value is -3.27.